The normalized spacial score (nSPS) is 31.5. The highest BCUT2D eigenvalue weighted by molar-refractivity contribution is 6.06. The average Bonchev–Trinajstić information content (AvgIpc) is 2.65. The fourth-order valence-corrected chi connectivity index (χ4v) is 3.35. The molecule has 21 heavy (non-hydrogen) atoms. The second-order valence-electron chi connectivity index (χ2n) is 6.12. The van der Waals surface area contributed by atoms with Crippen molar-refractivity contribution in [3.63, 3.8) is 0 Å². The van der Waals surface area contributed by atoms with Gasteiger partial charge in [0.25, 0.3) is 5.91 Å². The largest absolute Gasteiger partial charge is 0.379 e. The molecule has 3 heterocycles. The number of morpholine rings is 1. The van der Waals surface area contributed by atoms with Gasteiger partial charge in [0.1, 0.15) is 5.54 Å². The van der Waals surface area contributed by atoms with E-state index < -0.39 is 5.54 Å². The number of urea groups is 1. The minimum absolute atomic E-state index is 0.0375. The zero-order valence-electron chi connectivity index (χ0n) is 12.6. The van der Waals surface area contributed by atoms with E-state index in [1.807, 2.05) is 6.92 Å². The molecule has 3 fully saturated rings. The number of ether oxygens (including phenoxy) is 1. The third-order valence-corrected chi connectivity index (χ3v) is 4.81. The highest BCUT2D eigenvalue weighted by atomic mass is 16.5. The molecule has 0 bridgehead atoms. The first kappa shape index (κ1) is 14.7. The second kappa shape index (κ2) is 5.90. The van der Waals surface area contributed by atoms with Crippen molar-refractivity contribution in [1.82, 2.24) is 20.0 Å². The number of rotatable bonds is 3. The first-order chi connectivity index (χ1) is 10.1. The molecule has 1 atom stereocenters. The summed E-state index contributed by atoms with van der Waals surface area (Å²) in [6.07, 6.45) is 0.686. The van der Waals surface area contributed by atoms with Crippen LogP contribution in [0.3, 0.4) is 0 Å². The van der Waals surface area contributed by atoms with Gasteiger partial charge in [-0.2, -0.15) is 0 Å². The molecule has 3 aliphatic rings. The van der Waals surface area contributed by atoms with Crippen molar-refractivity contribution >= 4 is 11.9 Å². The third-order valence-electron chi connectivity index (χ3n) is 4.81. The number of imide groups is 1. The molecule has 3 saturated heterocycles. The zero-order valence-corrected chi connectivity index (χ0v) is 12.6. The van der Waals surface area contributed by atoms with Crippen molar-refractivity contribution in [2.24, 2.45) is 0 Å². The van der Waals surface area contributed by atoms with Crippen LogP contribution < -0.4 is 5.32 Å². The average molecular weight is 296 g/mol. The van der Waals surface area contributed by atoms with Gasteiger partial charge < -0.3 is 15.0 Å². The van der Waals surface area contributed by atoms with Crippen molar-refractivity contribution in [3.8, 4) is 0 Å². The van der Waals surface area contributed by atoms with Gasteiger partial charge in [0.15, 0.2) is 0 Å². The summed E-state index contributed by atoms with van der Waals surface area (Å²) in [6, 6.07) is -0.126. The fraction of sp³-hybridized carbons (Fsp3) is 0.857. The highest BCUT2D eigenvalue weighted by Crippen LogP contribution is 2.31. The van der Waals surface area contributed by atoms with Crippen LogP contribution in [0.4, 0.5) is 4.79 Å². The van der Waals surface area contributed by atoms with Crippen LogP contribution in [0, 0.1) is 0 Å². The number of carbonyl (C=O) groups excluding carboxylic acids is 2. The van der Waals surface area contributed by atoms with Crippen LogP contribution in [0.5, 0.6) is 0 Å². The molecule has 7 heteroatoms. The summed E-state index contributed by atoms with van der Waals surface area (Å²) in [5.41, 5.74) is -0.661. The predicted octanol–water partition coefficient (Wildman–Crippen LogP) is -0.665. The summed E-state index contributed by atoms with van der Waals surface area (Å²) in [5, 5.41) is 3.25. The molecule has 118 valence electrons. The Balaban J connectivity index is 1.65. The van der Waals surface area contributed by atoms with Gasteiger partial charge in [0.05, 0.1) is 13.2 Å². The highest BCUT2D eigenvalue weighted by Gasteiger charge is 2.53. The summed E-state index contributed by atoms with van der Waals surface area (Å²) in [4.78, 5) is 30.7. The molecule has 0 saturated carbocycles. The summed E-state index contributed by atoms with van der Waals surface area (Å²) in [7, 11) is 0. The topological polar surface area (TPSA) is 65.1 Å². The molecule has 0 spiro atoms. The van der Waals surface area contributed by atoms with E-state index in [2.05, 4.69) is 10.2 Å². The van der Waals surface area contributed by atoms with Gasteiger partial charge in [0, 0.05) is 39.3 Å². The fourth-order valence-electron chi connectivity index (χ4n) is 3.35. The lowest BCUT2D eigenvalue weighted by atomic mass is 9.96. The number of fused-ring (bicyclic) bond motifs is 1. The Bertz CT molecular complexity index is 424. The Labute approximate surface area is 125 Å². The van der Waals surface area contributed by atoms with Crippen LogP contribution in [0.2, 0.25) is 0 Å². The van der Waals surface area contributed by atoms with Crippen molar-refractivity contribution in [2.45, 2.75) is 18.9 Å². The molecule has 0 aliphatic carbocycles. The lowest BCUT2D eigenvalue weighted by Crippen LogP contribution is -2.47. The van der Waals surface area contributed by atoms with Gasteiger partial charge >= 0.3 is 6.03 Å². The van der Waals surface area contributed by atoms with Crippen LogP contribution in [0.25, 0.3) is 0 Å². The van der Waals surface area contributed by atoms with Gasteiger partial charge in [-0.05, 0) is 19.9 Å². The molecule has 3 rings (SSSR count). The van der Waals surface area contributed by atoms with Crippen LogP contribution in [0.1, 0.15) is 13.3 Å². The van der Waals surface area contributed by atoms with Crippen LogP contribution in [0.15, 0.2) is 0 Å². The van der Waals surface area contributed by atoms with Gasteiger partial charge in [0.2, 0.25) is 0 Å². The van der Waals surface area contributed by atoms with Crippen LogP contribution in [-0.2, 0) is 9.53 Å². The second-order valence-corrected chi connectivity index (χ2v) is 6.12. The smallest absolute Gasteiger partial charge is 0.327 e. The lowest BCUT2D eigenvalue weighted by Gasteiger charge is -2.28. The molecule has 0 aromatic rings. The number of carbonyl (C=O) groups is 2. The molecule has 0 aromatic carbocycles. The minimum Gasteiger partial charge on any atom is -0.379 e. The number of hydrogen-bond acceptors (Lipinski definition) is 5. The van der Waals surface area contributed by atoms with E-state index in [9.17, 15) is 9.59 Å². The van der Waals surface area contributed by atoms with Crippen molar-refractivity contribution in [2.75, 3.05) is 59.0 Å². The number of nitrogens with one attached hydrogen (secondary N) is 1. The summed E-state index contributed by atoms with van der Waals surface area (Å²) >= 11 is 0. The Morgan fingerprint density at radius 2 is 1.90 bits per heavy atom. The maximum atomic E-state index is 12.7. The molecule has 1 N–H and O–H groups in total. The summed E-state index contributed by atoms with van der Waals surface area (Å²) in [5.74, 6) is -0.0375. The van der Waals surface area contributed by atoms with E-state index in [0.29, 0.717) is 19.5 Å². The molecule has 1 unspecified atom stereocenters. The van der Waals surface area contributed by atoms with Crippen molar-refractivity contribution < 1.29 is 14.3 Å². The predicted molar refractivity (Wildman–Crippen MR) is 77.0 cm³/mol. The van der Waals surface area contributed by atoms with Crippen molar-refractivity contribution in [3.05, 3.63) is 0 Å². The molecular formula is C14H24N4O3. The van der Waals surface area contributed by atoms with E-state index in [1.165, 1.54) is 4.90 Å². The monoisotopic (exact) mass is 296 g/mol. The molecule has 7 nitrogen and oxygen atoms in total. The Morgan fingerprint density at radius 1 is 1.14 bits per heavy atom. The van der Waals surface area contributed by atoms with E-state index in [1.54, 1.807) is 4.90 Å². The van der Waals surface area contributed by atoms with Crippen LogP contribution in [-0.4, -0.2) is 91.2 Å². The number of nitrogens with zero attached hydrogens (tertiary/aromatic N) is 3. The number of amides is 3. The van der Waals surface area contributed by atoms with Gasteiger partial charge in [-0.25, -0.2) is 4.79 Å². The number of hydrogen-bond donors (Lipinski definition) is 1. The molecule has 0 aromatic heterocycles. The van der Waals surface area contributed by atoms with Gasteiger partial charge in [-0.15, -0.1) is 0 Å². The molecular weight excluding hydrogens is 272 g/mol. The molecule has 3 aliphatic heterocycles. The maximum absolute atomic E-state index is 12.7. The first-order valence-corrected chi connectivity index (χ1v) is 7.77. The Morgan fingerprint density at radius 3 is 2.67 bits per heavy atom. The van der Waals surface area contributed by atoms with E-state index in [0.717, 1.165) is 45.9 Å². The van der Waals surface area contributed by atoms with E-state index in [4.69, 9.17) is 4.74 Å². The van der Waals surface area contributed by atoms with Gasteiger partial charge in [-0.1, -0.05) is 0 Å². The van der Waals surface area contributed by atoms with E-state index in [-0.39, 0.29) is 11.9 Å². The maximum Gasteiger partial charge on any atom is 0.327 e. The SMILES string of the molecule is CC12CCNCCN1C(=O)N(CCN1CCOCC1)C2=O. The Hall–Kier alpha value is -1.18. The van der Waals surface area contributed by atoms with Gasteiger partial charge in [-0.3, -0.25) is 14.6 Å². The van der Waals surface area contributed by atoms with Crippen molar-refractivity contribution in [1.29, 1.82) is 0 Å². The standard InChI is InChI=1S/C14H24N4O3/c1-14-2-3-15-4-5-18(14)13(20)17(12(14)19)7-6-16-8-10-21-11-9-16/h15H,2-11H2,1H3. The quantitative estimate of drug-likeness (QED) is 0.700. The summed E-state index contributed by atoms with van der Waals surface area (Å²) in [6.45, 7) is 8.48. The van der Waals surface area contributed by atoms with E-state index >= 15 is 0 Å². The first-order valence-electron chi connectivity index (χ1n) is 7.77. The Kier molecular flexibility index (Phi) is 4.14. The summed E-state index contributed by atoms with van der Waals surface area (Å²) < 4.78 is 5.32. The zero-order chi connectivity index (χ0) is 14.9. The lowest BCUT2D eigenvalue weighted by molar-refractivity contribution is -0.132. The third kappa shape index (κ3) is 2.65. The molecule has 3 amide bonds. The molecule has 0 radical (unpaired) electrons. The van der Waals surface area contributed by atoms with Crippen LogP contribution >= 0.6 is 0 Å². The minimum atomic E-state index is -0.661.